The first kappa shape index (κ1) is 14.4. The molecule has 3 rings (SSSR count). The molecule has 0 aromatic heterocycles. The number of ether oxygens (including phenoxy) is 1. The molecule has 1 aromatic rings. The first-order valence-corrected chi connectivity index (χ1v) is 8.63. The van der Waals surface area contributed by atoms with E-state index in [1.807, 2.05) is 0 Å². The van der Waals surface area contributed by atoms with E-state index in [2.05, 4.69) is 53.3 Å². The molecule has 1 N–H and O–H groups in total. The van der Waals surface area contributed by atoms with Gasteiger partial charge < -0.3 is 10.1 Å². The van der Waals surface area contributed by atoms with Crippen molar-refractivity contribution in [3.05, 3.63) is 28.2 Å². The molecule has 1 saturated carbocycles. The first-order chi connectivity index (χ1) is 9.62. The monoisotopic (exact) mass is 337 g/mol. The smallest absolute Gasteiger partial charge is 0.126 e. The Morgan fingerprint density at radius 2 is 2.25 bits per heavy atom. The fourth-order valence-electron chi connectivity index (χ4n) is 3.77. The number of halogens is 1. The summed E-state index contributed by atoms with van der Waals surface area (Å²) in [6.45, 7) is 5.65. The first-order valence-electron chi connectivity index (χ1n) is 7.84. The summed E-state index contributed by atoms with van der Waals surface area (Å²) >= 11 is 3.57. The van der Waals surface area contributed by atoms with Crippen molar-refractivity contribution in [1.29, 1.82) is 0 Å². The van der Waals surface area contributed by atoms with E-state index in [0.29, 0.717) is 6.04 Å². The quantitative estimate of drug-likeness (QED) is 0.852. The topological polar surface area (TPSA) is 21.3 Å². The molecule has 0 amide bonds. The van der Waals surface area contributed by atoms with Gasteiger partial charge in [-0.25, -0.2) is 0 Å². The van der Waals surface area contributed by atoms with Crippen LogP contribution in [0.2, 0.25) is 0 Å². The molecule has 1 fully saturated rings. The highest BCUT2D eigenvalue weighted by Gasteiger charge is 2.45. The maximum atomic E-state index is 6.47. The Morgan fingerprint density at radius 3 is 2.95 bits per heavy atom. The molecule has 2 aliphatic rings. The van der Waals surface area contributed by atoms with Crippen molar-refractivity contribution in [2.45, 2.75) is 57.6 Å². The summed E-state index contributed by atoms with van der Waals surface area (Å²) in [7, 11) is 0. The number of hydrogen-bond donors (Lipinski definition) is 1. The molecular weight excluding hydrogens is 314 g/mol. The van der Waals surface area contributed by atoms with Gasteiger partial charge in [-0.1, -0.05) is 35.8 Å². The summed E-state index contributed by atoms with van der Waals surface area (Å²) in [6, 6.07) is 6.91. The Bertz CT molecular complexity index is 490. The molecule has 1 spiro atoms. The van der Waals surface area contributed by atoms with Crippen LogP contribution in [0.15, 0.2) is 22.7 Å². The second kappa shape index (κ2) is 5.69. The van der Waals surface area contributed by atoms with E-state index in [1.165, 1.54) is 31.2 Å². The number of rotatable bonds is 3. The molecule has 1 heterocycles. The molecule has 0 bridgehead atoms. The van der Waals surface area contributed by atoms with Gasteiger partial charge in [0.05, 0.1) is 0 Å². The normalized spacial score (nSPS) is 32.1. The number of nitrogens with one attached hydrogen (secondary N) is 1. The van der Waals surface area contributed by atoms with E-state index >= 15 is 0 Å². The standard InChI is InChI=1S/C17H24BrNO/c1-3-8-19-15-11-17(7-6-12(2)10-17)20-16-9-13(18)4-5-14(15)16/h4-5,9,12,15,19H,3,6-8,10-11H2,1-2H3. The largest absolute Gasteiger partial charge is 0.487 e. The van der Waals surface area contributed by atoms with Crippen molar-refractivity contribution in [3.8, 4) is 5.75 Å². The third-order valence-corrected chi connectivity index (χ3v) is 5.20. The summed E-state index contributed by atoms with van der Waals surface area (Å²) in [6.07, 6.45) is 5.98. The minimum absolute atomic E-state index is 0.0681. The van der Waals surface area contributed by atoms with Gasteiger partial charge in [-0.2, -0.15) is 0 Å². The number of fused-ring (bicyclic) bond motifs is 1. The molecule has 1 aromatic carbocycles. The van der Waals surface area contributed by atoms with Gasteiger partial charge in [0.2, 0.25) is 0 Å². The minimum atomic E-state index is 0.0681. The lowest BCUT2D eigenvalue weighted by Crippen LogP contribution is -2.42. The van der Waals surface area contributed by atoms with E-state index in [1.54, 1.807) is 0 Å². The molecule has 3 unspecified atom stereocenters. The zero-order chi connectivity index (χ0) is 14.2. The van der Waals surface area contributed by atoms with E-state index in [9.17, 15) is 0 Å². The van der Waals surface area contributed by atoms with Crippen LogP contribution >= 0.6 is 15.9 Å². The summed E-state index contributed by atoms with van der Waals surface area (Å²) < 4.78 is 7.58. The SMILES string of the molecule is CCCNC1CC2(CCC(C)C2)Oc2cc(Br)ccc21. The van der Waals surface area contributed by atoms with Gasteiger partial charge >= 0.3 is 0 Å². The van der Waals surface area contributed by atoms with E-state index in [0.717, 1.165) is 29.1 Å². The molecular formula is C17H24BrNO. The van der Waals surface area contributed by atoms with E-state index in [-0.39, 0.29) is 5.60 Å². The summed E-state index contributed by atoms with van der Waals surface area (Å²) in [5, 5.41) is 3.72. The lowest BCUT2D eigenvalue weighted by Gasteiger charge is -2.40. The maximum absolute atomic E-state index is 6.47. The Hall–Kier alpha value is -0.540. The van der Waals surface area contributed by atoms with Crippen LogP contribution in [-0.4, -0.2) is 12.1 Å². The third-order valence-electron chi connectivity index (χ3n) is 4.71. The Labute approximate surface area is 130 Å². The van der Waals surface area contributed by atoms with Crippen molar-refractivity contribution >= 4 is 15.9 Å². The van der Waals surface area contributed by atoms with Crippen molar-refractivity contribution in [3.63, 3.8) is 0 Å². The number of hydrogen-bond acceptors (Lipinski definition) is 2. The minimum Gasteiger partial charge on any atom is -0.487 e. The van der Waals surface area contributed by atoms with Crippen LogP contribution in [0.1, 0.15) is 57.6 Å². The Balaban J connectivity index is 1.91. The van der Waals surface area contributed by atoms with Crippen LogP contribution in [0.3, 0.4) is 0 Å². The maximum Gasteiger partial charge on any atom is 0.126 e. The van der Waals surface area contributed by atoms with E-state index < -0.39 is 0 Å². The van der Waals surface area contributed by atoms with Crippen LogP contribution in [0.5, 0.6) is 5.75 Å². The van der Waals surface area contributed by atoms with Gasteiger partial charge in [0.1, 0.15) is 11.4 Å². The van der Waals surface area contributed by atoms with Crippen LogP contribution in [0.25, 0.3) is 0 Å². The van der Waals surface area contributed by atoms with Crippen LogP contribution in [-0.2, 0) is 0 Å². The lowest BCUT2D eigenvalue weighted by molar-refractivity contribution is 0.0336. The highest BCUT2D eigenvalue weighted by Crippen LogP contribution is 2.49. The van der Waals surface area contributed by atoms with Crippen LogP contribution < -0.4 is 10.1 Å². The van der Waals surface area contributed by atoms with Crippen molar-refractivity contribution in [2.75, 3.05) is 6.54 Å². The van der Waals surface area contributed by atoms with Gasteiger partial charge in [-0.3, -0.25) is 0 Å². The third kappa shape index (κ3) is 2.75. The zero-order valence-corrected chi connectivity index (χ0v) is 14.0. The molecule has 2 nitrogen and oxygen atoms in total. The fourth-order valence-corrected chi connectivity index (χ4v) is 4.11. The van der Waals surface area contributed by atoms with Crippen molar-refractivity contribution in [1.82, 2.24) is 5.32 Å². The van der Waals surface area contributed by atoms with Gasteiger partial charge in [0, 0.05) is 22.5 Å². The van der Waals surface area contributed by atoms with Crippen molar-refractivity contribution < 1.29 is 4.74 Å². The predicted octanol–water partition coefficient (Wildman–Crippen LogP) is 4.83. The molecule has 0 saturated heterocycles. The van der Waals surface area contributed by atoms with Gasteiger partial charge in [-0.15, -0.1) is 0 Å². The average molecular weight is 338 g/mol. The fraction of sp³-hybridized carbons (Fsp3) is 0.647. The molecule has 110 valence electrons. The second-order valence-corrected chi connectivity index (χ2v) is 7.44. The molecule has 3 atom stereocenters. The molecule has 3 heteroatoms. The molecule has 0 radical (unpaired) electrons. The van der Waals surface area contributed by atoms with Gasteiger partial charge in [0.15, 0.2) is 0 Å². The second-order valence-electron chi connectivity index (χ2n) is 6.53. The molecule has 20 heavy (non-hydrogen) atoms. The van der Waals surface area contributed by atoms with Gasteiger partial charge in [-0.05, 0) is 50.3 Å². The average Bonchev–Trinajstić information content (AvgIpc) is 2.76. The lowest BCUT2D eigenvalue weighted by atomic mass is 9.85. The predicted molar refractivity (Wildman–Crippen MR) is 86.2 cm³/mol. The summed E-state index contributed by atoms with van der Waals surface area (Å²) in [5.41, 5.74) is 1.39. The summed E-state index contributed by atoms with van der Waals surface area (Å²) in [4.78, 5) is 0. The number of benzene rings is 1. The van der Waals surface area contributed by atoms with Gasteiger partial charge in [0.25, 0.3) is 0 Å². The molecule has 1 aliphatic heterocycles. The van der Waals surface area contributed by atoms with Crippen LogP contribution in [0, 0.1) is 5.92 Å². The Kier molecular flexibility index (Phi) is 4.09. The van der Waals surface area contributed by atoms with E-state index in [4.69, 9.17) is 4.74 Å². The highest BCUT2D eigenvalue weighted by atomic mass is 79.9. The Morgan fingerprint density at radius 1 is 1.40 bits per heavy atom. The van der Waals surface area contributed by atoms with Crippen molar-refractivity contribution in [2.24, 2.45) is 5.92 Å². The molecule has 1 aliphatic carbocycles. The zero-order valence-electron chi connectivity index (χ0n) is 12.4. The van der Waals surface area contributed by atoms with Crippen LogP contribution in [0.4, 0.5) is 0 Å². The highest BCUT2D eigenvalue weighted by molar-refractivity contribution is 9.10. The summed E-state index contributed by atoms with van der Waals surface area (Å²) in [5.74, 6) is 1.86.